The maximum atomic E-state index is 13.7. The topological polar surface area (TPSA) is 60.2 Å². The maximum absolute atomic E-state index is 13.7. The van der Waals surface area contributed by atoms with Crippen LogP contribution in [0.25, 0.3) is 16.9 Å². The van der Waals surface area contributed by atoms with Crippen LogP contribution in [0.15, 0.2) is 59.6 Å². The third kappa shape index (κ3) is 5.19. The smallest absolute Gasteiger partial charge is 0.256 e. The third-order valence-electron chi connectivity index (χ3n) is 5.67. The van der Waals surface area contributed by atoms with Gasteiger partial charge in [-0.1, -0.05) is 29.5 Å². The first-order valence-corrected chi connectivity index (χ1v) is 13.1. The average Bonchev–Trinajstić information content (AvgIpc) is 3.35. The van der Waals surface area contributed by atoms with Gasteiger partial charge >= 0.3 is 0 Å². The van der Waals surface area contributed by atoms with Gasteiger partial charge in [-0.15, -0.1) is 16.9 Å². The molecule has 4 rings (SSSR count). The van der Waals surface area contributed by atoms with Gasteiger partial charge in [0.05, 0.1) is 24.1 Å². The molecule has 0 radical (unpaired) electrons. The molecule has 1 aromatic heterocycles. The summed E-state index contributed by atoms with van der Waals surface area (Å²) in [6, 6.07) is 16.1. The Kier molecular flexibility index (Phi) is 7.89. The Morgan fingerprint density at radius 2 is 2.03 bits per heavy atom. The van der Waals surface area contributed by atoms with E-state index in [0.717, 1.165) is 41.3 Å². The number of carbonyl (C=O) groups excluding carboxylic acids is 1. The van der Waals surface area contributed by atoms with Crippen molar-refractivity contribution in [1.82, 2.24) is 19.9 Å². The number of ether oxygens (including phenoxy) is 1. The minimum absolute atomic E-state index is 0.0241. The Morgan fingerprint density at radius 3 is 2.81 bits per heavy atom. The molecule has 0 bridgehead atoms. The number of hydrogen-bond acceptors (Lipinski definition) is 6. The van der Waals surface area contributed by atoms with Crippen molar-refractivity contribution in [2.45, 2.75) is 23.8 Å². The Hall–Kier alpha value is -2.29. The number of methoxy groups -OCH3 is 1. The molecule has 2 heterocycles. The van der Waals surface area contributed by atoms with Gasteiger partial charge in [0.25, 0.3) is 5.91 Å². The van der Waals surface area contributed by atoms with Gasteiger partial charge in [-0.2, -0.15) is 11.8 Å². The second-order valence-electron chi connectivity index (χ2n) is 7.63. The van der Waals surface area contributed by atoms with Gasteiger partial charge in [-0.3, -0.25) is 4.79 Å². The highest BCUT2D eigenvalue weighted by molar-refractivity contribution is 7.99. The molecule has 0 aliphatic carbocycles. The molecule has 2 aromatic carbocycles. The van der Waals surface area contributed by atoms with Crippen LogP contribution < -0.4 is 0 Å². The summed E-state index contributed by atoms with van der Waals surface area (Å²) in [5, 5.41) is 8.74. The standard InChI is InChI=1S/C24H28N4O2S2/c1-30-13-12-27(19-10-14-32-15-11-19)24(29)21-8-3-4-9-23(21)28-17-22(25-26-28)18-6-5-7-20(16-18)31-2/h3-9,16-17,19H,10-15H2,1-2H3. The van der Waals surface area contributed by atoms with Crippen LogP contribution in [-0.4, -0.2) is 69.9 Å². The quantitative estimate of drug-likeness (QED) is 0.449. The van der Waals surface area contributed by atoms with Crippen molar-refractivity contribution in [3.05, 3.63) is 60.3 Å². The summed E-state index contributed by atoms with van der Waals surface area (Å²) in [4.78, 5) is 16.9. The van der Waals surface area contributed by atoms with Gasteiger partial charge in [0, 0.05) is 30.2 Å². The zero-order valence-electron chi connectivity index (χ0n) is 18.4. The van der Waals surface area contributed by atoms with E-state index in [0.29, 0.717) is 18.7 Å². The minimum Gasteiger partial charge on any atom is -0.383 e. The van der Waals surface area contributed by atoms with Crippen LogP contribution in [0, 0.1) is 0 Å². The van der Waals surface area contributed by atoms with E-state index in [1.807, 2.05) is 59.3 Å². The van der Waals surface area contributed by atoms with Gasteiger partial charge in [-0.25, -0.2) is 4.68 Å². The lowest BCUT2D eigenvalue weighted by Crippen LogP contribution is -2.44. The lowest BCUT2D eigenvalue weighted by molar-refractivity contribution is 0.0589. The number of carbonyl (C=O) groups is 1. The first-order valence-electron chi connectivity index (χ1n) is 10.7. The lowest BCUT2D eigenvalue weighted by Gasteiger charge is -2.34. The summed E-state index contributed by atoms with van der Waals surface area (Å²) in [5.74, 6) is 2.20. The van der Waals surface area contributed by atoms with Crippen LogP contribution in [0.1, 0.15) is 23.2 Å². The number of benzene rings is 2. The third-order valence-corrected chi connectivity index (χ3v) is 7.44. The van der Waals surface area contributed by atoms with Crippen LogP contribution in [0.3, 0.4) is 0 Å². The van der Waals surface area contributed by atoms with E-state index in [9.17, 15) is 4.79 Å². The summed E-state index contributed by atoms with van der Waals surface area (Å²) in [6.45, 7) is 1.11. The monoisotopic (exact) mass is 468 g/mol. The fourth-order valence-electron chi connectivity index (χ4n) is 3.94. The van der Waals surface area contributed by atoms with Crippen molar-refractivity contribution in [3.63, 3.8) is 0 Å². The van der Waals surface area contributed by atoms with Crippen LogP contribution >= 0.6 is 23.5 Å². The second kappa shape index (κ2) is 11.0. The number of hydrogen-bond donors (Lipinski definition) is 0. The molecule has 1 aliphatic rings. The first-order chi connectivity index (χ1) is 15.7. The molecule has 8 heteroatoms. The lowest BCUT2D eigenvalue weighted by atomic mass is 10.1. The van der Waals surface area contributed by atoms with Crippen molar-refractivity contribution in [2.24, 2.45) is 0 Å². The number of aromatic nitrogens is 3. The molecule has 168 valence electrons. The second-order valence-corrected chi connectivity index (χ2v) is 9.74. The van der Waals surface area contributed by atoms with E-state index in [2.05, 4.69) is 28.7 Å². The van der Waals surface area contributed by atoms with Crippen LogP contribution in [-0.2, 0) is 4.74 Å². The Morgan fingerprint density at radius 1 is 1.22 bits per heavy atom. The van der Waals surface area contributed by atoms with Crippen molar-refractivity contribution >= 4 is 29.4 Å². The van der Waals surface area contributed by atoms with E-state index < -0.39 is 0 Å². The molecule has 1 fully saturated rings. The maximum Gasteiger partial charge on any atom is 0.256 e. The van der Waals surface area contributed by atoms with Crippen molar-refractivity contribution in [1.29, 1.82) is 0 Å². The molecule has 1 amide bonds. The number of thioether (sulfide) groups is 2. The molecule has 6 nitrogen and oxygen atoms in total. The molecular formula is C24H28N4O2S2. The zero-order valence-corrected chi connectivity index (χ0v) is 20.1. The van der Waals surface area contributed by atoms with Crippen molar-refractivity contribution in [2.75, 3.05) is 38.0 Å². The van der Waals surface area contributed by atoms with Gasteiger partial charge in [-0.05, 0) is 54.9 Å². The van der Waals surface area contributed by atoms with Gasteiger partial charge < -0.3 is 9.64 Å². The fraction of sp³-hybridized carbons (Fsp3) is 0.375. The largest absolute Gasteiger partial charge is 0.383 e. The number of amides is 1. The molecule has 32 heavy (non-hydrogen) atoms. The van der Waals surface area contributed by atoms with Gasteiger partial charge in [0.2, 0.25) is 0 Å². The predicted molar refractivity (Wildman–Crippen MR) is 132 cm³/mol. The van der Waals surface area contributed by atoms with E-state index >= 15 is 0 Å². The van der Waals surface area contributed by atoms with Crippen molar-refractivity contribution in [3.8, 4) is 16.9 Å². The summed E-state index contributed by atoms with van der Waals surface area (Å²) < 4.78 is 7.01. The summed E-state index contributed by atoms with van der Waals surface area (Å²) in [6.07, 6.45) is 5.98. The number of rotatable bonds is 8. The molecule has 3 aromatic rings. The summed E-state index contributed by atoms with van der Waals surface area (Å²) in [7, 11) is 1.68. The highest BCUT2D eigenvalue weighted by Gasteiger charge is 2.28. The predicted octanol–water partition coefficient (Wildman–Crippen LogP) is 4.64. The van der Waals surface area contributed by atoms with Gasteiger partial charge in [0.1, 0.15) is 5.69 Å². The molecule has 0 N–H and O–H groups in total. The Labute approximate surface area is 197 Å². The molecule has 0 spiro atoms. The number of nitrogens with zero attached hydrogens (tertiary/aromatic N) is 4. The fourth-order valence-corrected chi connectivity index (χ4v) is 5.48. The van der Waals surface area contributed by atoms with Crippen molar-refractivity contribution < 1.29 is 9.53 Å². The highest BCUT2D eigenvalue weighted by Crippen LogP contribution is 2.26. The SMILES string of the molecule is COCCN(C(=O)c1ccccc1-n1cc(-c2cccc(SC)c2)nn1)C1CCSCC1. The highest BCUT2D eigenvalue weighted by atomic mass is 32.2. The van der Waals surface area contributed by atoms with E-state index in [-0.39, 0.29) is 11.9 Å². The zero-order chi connectivity index (χ0) is 22.3. The first kappa shape index (κ1) is 22.9. The molecule has 0 atom stereocenters. The molecule has 0 unspecified atom stereocenters. The Bertz CT molecular complexity index is 1050. The number of para-hydroxylation sites is 1. The van der Waals surface area contributed by atoms with E-state index in [4.69, 9.17) is 4.74 Å². The average molecular weight is 469 g/mol. The van der Waals surface area contributed by atoms with Gasteiger partial charge in [0.15, 0.2) is 0 Å². The molecule has 1 aliphatic heterocycles. The van der Waals surface area contributed by atoms with E-state index in [1.54, 1.807) is 23.6 Å². The summed E-state index contributed by atoms with van der Waals surface area (Å²) in [5.41, 5.74) is 3.16. The molecule has 1 saturated heterocycles. The van der Waals surface area contributed by atoms with Crippen LogP contribution in [0.5, 0.6) is 0 Å². The van der Waals surface area contributed by atoms with Crippen LogP contribution in [0.4, 0.5) is 0 Å². The normalized spacial score (nSPS) is 14.4. The Balaban J connectivity index is 1.64. The minimum atomic E-state index is 0.0241. The molecule has 0 saturated carbocycles. The summed E-state index contributed by atoms with van der Waals surface area (Å²) >= 11 is 3.65. The van der Waals surface area contributed by atoms with E-state index in [1.165, 1.54) is 4.90 Å². The molecular weight excluding hydrogens is 440 g/mol. The van der Waals surface area contributed by atoms with Crippen LogP contribution in [0.2, 0.25) is 0 Å².